The van der Waals surface area contributed by atoms with Gasteiger partial charge in [-0.05, 0) is 37.4 Å². The minimum absolute atomic E-state index is 0.0638. The minimum Gasteiger partial charge on any atom is -0.495 e. The van der Waals surface area contributed by atoms with Crippen LogP contribution in [0.4, 0.5) is 5.69 Å². The van der Waals surface area contributed by atoms with Gasteiger partial charge in [0.15, 0.2) is 0 Å². The first-order valence-corrected chi connectivity index (χ1v) is 8.73. The van der Waals surface area contributed by atoms with Crippen molar-refractivity contribution in [3.05, 3.63) is 46.7 Å². The number of carbonyl (C=O) groups is 1. The number of benzene rings is 1. The van der Waals surface area contributed by atoms with E-state index >= 15 is 0 Å². The molecule has 130 valence electrons. The van der Waals surface area contributed by atoms with Crippen LogP contribution in [0.5, 0.6) is 5.75 Å². The van der Waals surface area contributed by atoms with E-state index in [2.05, 4.69) is 10.6 Å². The van der Waals surface area contributed by atoms with Crippen LogP contribution in [-0.4, -0.2) is 30.7 Å². The lowest BCUT2D eigenvalue weighted by atomic mass is 10.0. The number of para-hydroxylation sites is 2. The molecule has 0 fully saturated rings. The molecule has 0 saturated heterocycles. The second kappa shape index (κ2) is 8.28. The number of ether oxygens (including phenoxy) is 1. The fraction of sp³-hybridized carbons (Fsp3) is 0.389. The van der Waals surface area contributed by atoms with E-state index in [0.29, 0.717) is 24.4 Å². The van der Waals surface area contributed by atoms with Crippen LogP contribution in [0.1, 0.15) is 25.1 Å². The van der Waals surface area contributed by atoms with Crippen molar-refractivity contribution in [3.8, 4) is 5.75 Å². The van der Waals surface area contributed by atoms with Gasteiger partial charge in [-0.2, -0.15) is 0 Å². The van der Waals surface area contributed by atoms with Crippen molar-refractivity contribution in [2.75, 3.05) is 19.0 Å². The number of aliphatic hydroxyl groups is 1. The molecule has 5 nitrogen and oxygen atoms in total. The van der Waals surface area contributed by atoms with E-state index in [1.54, 1.807) is 26.2 Å². The Balaban J connectivity index is 1.83. The number of hydrogen-bond acceptors (Lipinski definition) is 5. The summed E-state index contributed by atoms with van der Waals surface area (Å²) >= 11 is 1.52. The zero-order chi connectivity index (χ0) is 17.6. The smallest absolute Gasteiger partial charge is 0.226 e. The normalized spacial score (nSPS) is 14.7. The first-order chi connectivity index (χ1) is 11.4. The molecule has 3 N–H and O–H groups in total. The predicted octanol–water partition coefficient (Wildman–Crippen LogP) is 2.97. The molecule has 2 aromatic rings. The van der Waals surface area contributed by atoms with Gasteiger partial charge in [0.25, 0.3) is 0 Å². The molecule has 2 atom stereocenters. The largest absolute Gasteiger partial charge is 0.495 e. The average molecular weight is 348 g/mol. The van der Waals surface area contributed by atoms with Crippen molar-refractivity contribution in [2.24, 2.45) is 0 Å². The lowest BCUT2D eigenvalue weighted by Gasteiger charge is -2.25. The van der Waals surface area contributed by atoms with Gasteiger partial charge < -0.3 is 20.5 Å². The van der Waals surface area contributed by atoms with E-state index in [0.717, 1.165) is 4.88 Å². The summed E-state index contributed by atoms with van der Waals surface area (Å²) in [4.78, 5) is 13.1. The fourth-order valence-corrected chi connectivity index (χ4v) is 3.13. The number of methoxy groups -OCH3 is 1. The quantitative estimate of drug-likeness (QED) is 0.686. The summed E-state index contributed by atoms with van der Waals surface area (Å²) in [6.45, 7) is 4.08. The SMILES string of the molecule is COc1ccccc1NC(=O)CC(C)NCC(C)(O)c1cccs1. The summed E-state index contributed by atoms with van der Waals surface area (Å²) in [7, 11) is 1.57. The molecule has 0 aliphatic carbocycles. The maximum atomic E-state index is 12.2. The molecule has 2 unspecified atom stereocenters. The van der Waals surface area contributed by atoms with Crippen LogP contribution in [0.25, 0.3) is 0 Å². The standard InChI is InChI=1S/C18H24N2O3S/c1-13(19-12-18(2,22)16-9-6-10-24-16)11-17(21)20-14-7-4-5-8-15(14)23-3/h4-10,13,19,22H,11-12H2,1-3H3,(H,20,21). The summed E-state index contributed by atoms with van der Waals surface area (Å²) in [5.41, 5.74) is -0.288. The maximum Gasteiger partial charge on any atom is 0.226 e. The number of nitrogens with one attached hydrogen (secondary N) is 2. The molecule has 0 spiro atoms. The molecule has 0 aliphatic rings. The van der Waals surface area contributed by atoms with Crippen molar-refractivity contribution in [1.29, 1.82) is 0 Å². The Morgan fingerprint density at radius 1 is 1.33 bits per heavy atom. The Morgan fingerprint density at radius 3 is 2.75 bits per heavy atom. The van der Waals surface area contributed by atoms with E-state index in [-0.39, 0.29) is 11.9 Å². The van der Waals surface area contributed by atoms with Gasteiger partial charge in [0, 0.05) is 23.9 Å². The van der Waals surface area contributed by atoms with Crippen molar-refractivity contribution >= 4 is 22.9 Å². The van der Waals surface area contributed by atoms with Gasteiger partial charge in [-0.15, -0.1) is 11.3 Å². The van der Waals surface area contributed by atoms with Gasteiger partial charge in [0.1, 0.15) is 11.4 Å². The third kappa shape index (κ3) is 5.06. The summed E-state index contributed by atoms with van der Waals surface area (Å²) in [5, 5.41) is 18.5. The van der Waals surface area contributed by atoms with Crippen LogP contribution in [-0.2, 0) is 10.4 Å². The Labute approximate surface area is 146 Å². The van der Waals surface area contributed by atoms with Gasteiger partial charge in [0.05, 0.1) is 12.8 Å². The van der Waals surface area contributed by atoms with Crippen molar-refractivity contribution < 1.29 is 14.6 Å². The summed E-state index contributed by atoms with van der Waals surface area (Å²) in [6, 6.07) is 11.1. The molecule has 1 aromatic heterocycles. The van der Waals surface area contributed by atoms with Gasteiger partial charge >= 0.3 is 0 Å². The molecule has 6 heteroatoms. The third-order valence-corrected chi connectivity index (χ3v) is 4.84. The lowest BCUT2D eigenvalue weighted by Crippen LogP contribution is -2.40. The Morgan fingerprint density at radius 2 is 2.08 bits per heavy atom. The van der Waals surface area contributed by atoms with Crippen LogP contribution in [0.3, 0.4) is 0 Å². The average Bonchev–Trinajstić information content (AvgIpc) is 3.09. The highest BCUT2D eigenvalue weighted by Crippen LogP contribution is 2.25. The van der Waals surface area contributed by atoms with Crippen LogP contribution in [0, 0.1) is 0 Å². The second-order valence-electron chi connectivity index (χ2n) is 5.99. The number of hydrogen-bond donors (Lipinski definition) is 3. The second-order valence-corrected chi connectivity index (χ2v) is 6.93. The number of thiophene rings is 1. The zero-order valence-electron chi connectivity index (χ0n) is 14.2. The minimum atomic E-state index is -0.943. The number of carbonyl (C=O) groups excluding carboxylic acids is 1. The van der Waals surface area contributed by atoms with E-state index in [1.165, 1.54) is 11.3 Å². The fourth-order valence-electron chi connectivity index (χ4n) is 2.34. The van der Waals surface area contributed by atoms with E-state index < -0.39 is 5.60 Å². The highest BCUT2D eigenvalue weighted by molar-refractivity contribution is 7.10. The molecule has 24 heavy (non-hydrogen) atoms. The number of rotatable bonds is 8. The first kappa shape index (κ1) is 18.4. The monoisotopic (exact) mass is 348 g/mol. The lowest BCUT2D eigenvalue weighted by molar-refractivity contribution is -0.116. The molecule has 2 rings (SSSR count). The summed E-state index contributed by atoms with van der Waals surface area (Å²) < 4.78 is 5.22. The van der Waals surface area contributed by atoms with Crippen LogP contribution in [0.2, 0.25) is 0 Å². The Bertz CT molecular complexity index is 656. The molecule has 0 bridgehead atoms. The maximum absolute atomic E-state index is 12.2. The third-order valence-electron chi connectivity index (χ3n) is 3.72. The molecule has 0 aliphatic heterocycles. The van der Waals surface area contributed by atoms with E-state index in [9.17, 15) is 9.90 Å². The molecule has 1 aromatic carbocycles. The Kier molecular flexibility index (Phi) is 6.36. The van der Waals surface area contributed by atoms with E-state index in [1.807, 2.05) is 36.6 Å². The molecule has 1 amide bonds. The number of amides is 1. The highest BCUT2D eigenvalue weighted by atomic mass is 32.1. The molecule has 0 radical (unpaired) electrons. The molecular weight excluding hydrogens is 324 g/mol. The Hall–Kier alpha value is -1.89. The molecule has 1 heterocycles. The zero-order valence-corrected chi connectivity index (χ0v) is 15.0. The predicted molar refractivity (Wildman–Crippen MR) is 97.6 cm³/mol. The van der Waals surface area contributed by atoms with Crippen molar-refractivity contribution in [1.82, 2.24) is 5.32 Å². The van der Waals surface area contributed by atoms with Gasteiger partial charge in [-0.1, -0.05) is 18.2 Å². The summed E-state index contributed by atoms with van der Waals surface area (Å²) in [5.74, 6) is 0.530. The summed E-state index contributed by atoms with van der Waals surface area (Å²) in [6.07, 6.45) is 0.304. The van der Waals surface area contributed by atoms with Gasteiger partial charge in [-0.3, -0.25) is 4.79 Å². The highest BCUT2D eigenvalue weighted by Gasteiger charge is 2.25. The number of anilines is 1. The molecule has 0 saturated carbocycles. The van der Waals surface area contributed by atoms with Crippen molar-refractivity contribution in [3.63, 3.8) is 0 Å². The van der Waals surface area contributed by atoms with Crippen LogP contribution >= 0.6 is 11.3 Å². The van der Waals surface area contributed by atoms with Gasteiger partial charge in [-0.25, -0.2) is 0 Å². The van der Waals surface area contributed by atoms with Crippen LogP contribution in [0.15, 0.2) is 41.8 Å². The van der Waals surface area contributed by atoms with Crippen molar-refractivity contribution in [2.45, 2.75) is 31.9 Å². The molecular formula is C18H24N2O3S. The van der Waals surface area contributed by atoms with Crippen LogP contribution < -0.4 is 15.4 Å². The van der Waals surface area contributed by atoms with Gasteiger partial charge in [0.2, 0.25) is 5.91 Å². The first-order valence-electron chi connectivity index (χ1n) is 7.85. The topological polar surface area (TPSA) is 70.6 Å². The van der Waals surface area contributed by atoms with E-state index in [4.69, 9.17) is 4.74 Å².